The first kappa shape index (κ1) is 19.9. The van der Waals surface area contributed by atoms with Crippen LogP contribution in [0.15, 0.2) is 77.3 Å². The van der Waals surface area contributed by atoms with Crippen molar-refractivity contribution in [3.05, 3.63) is 88.4 Å². The van der Waals surface area contributed by atoms with Gasteiger partial charge in [-0.1, -0.05) is 64.5 Å². The minimum atomic E-state index is -0.367. The Bertz CT molecular complexity index is 1260. The lowest BCUT2D eigenvalue weighted by atomic mass is 10.0. The van der Waals surface area contributed by atoms with E-state index in [9.17, 15) is 9.59 Å². The van der Waals surface area contributed by atoms with Gasteiger partial charge in [0.1, 0.15) is 5.75 Å². The molecule has 2 amide bonds. The highest BCUT2D eigenvalue weighted by molar-refractivity contribution is 9.10. The average molecular weight is 463 g/mol. The van der Waals surface area contributed by atoms with E-state index in [0.717, 1.165) is 31.6 Å². The van der Waals surface area contributed by atoms with E-state index < -0.39 is 0 Å². The van der Waals surface area contributed by atoms with Gasteiger partial charge in [-0.2, -0.15) is 0 Å². The molecule has 0 aliphatic heterocycles. The van der Waals surface area contributed by atoms with Crippen molar-refractivity contribution < 1.29 is 14.3 Å². The Balaban J connectivity index is 1.52. The van der Waals surface area contributed by atoms with Crippen LogP contribution < -0.4 is 15.6 Å². The Morgan fingerprint density at radius 3 is 2.50 bits per heavy atom. The number of methoxy groups -OCH3 is 1. The van der Waals surface area contributed by atoms with E-state index in [2.05, 4.69) is 26.8 Å². The van der Waals surface area contributed by atoms with Crippen molar-refractivity contribution in [3.63, 3.8) is 0 Å². The van der Waals surface area contributed by atoms with Crippen LogP contribution in [0.25, 0.3) is 21.5 Å². The normalized spacial score (nSPS) is 10.7. The molecule has 0 radical (unpaired) electrons. The molecule has 0 unspecified atom stereocenters. The molecule has 0 atom stereocenters. The molecule has 4 aromatic rings. The van der Waals surface area contributed by atoms with Gasteiger partial charge in [-0.3, -0.25) is 20.4 Å². The zero-order chi connectivity index (χ0) is 21.1. The largest absolute Gasteiger partial charge is 0.496 e. The second kappa shape index (κ2) is 8.55. The summed E-state index contributed by atoms with van der Waals surface area (Å²) in [5.74, 6) is -0.0772. The number of hydrogen-bond donors (Lipinski definition) is 2. The summed E-state index contributed by atoms with van der Waals surface area (Å²) in [5.41, 5.74) is 6.30. The third-order valence-electron chi connectivity index (χ3n) is 4.96. The van der Waals surface area contributed by atoms with Gasteiger partial charge < -0.3 is 4.74 Å². The lowest BCUT2D eigenvalue weighted by Crippen LogP contribution is -2.42. The Kier molecular flexibility index (Phi) is 5.68. The third-order valence-corrected chi connectivity index (χ3v) is 5.45. The molecular formula is C24H19BrN2O3. The molecule has 0 saturated heterocycles. The number of hydrazine groups is 1. The molecule has 0 heterocycles. The highest BCUT2D eigenvalue weighted by Crippen LogP contribution is 2.30. The SMILES string of the molecule is COc1ccc2cc(Br)ccc2c1CC(=O)NNC(=O)c1cccc2ccccc12. The molecule has 0 aromatic heterocycles. The molecule has 4 aromatic carbocycles. The molecule has 0 saturated carbocycles. The monoisotopic (exact) mass is 462 g/mol. The summed E-state index contributed by atoms with van der Waals surface area (Å²) >= 11 is 3.47. The summed E-state index contributed by atoms with van der Waals surface area (Å²) in [6, 6.07) is 22.7. The number of ether oxygens (including phenoxy) is 1. The summed E-state index contributed by atoms with van der Waals surface area (Å²) in [4.78, 5) is 25.2. The molecule has 0 fully saturated rings. The fraction of sp³-hybridized carbons (Fsp3) is 0.0833. The zero-order valence-corrected chi connectivity index (χ0v) is 17.8. The van der Waals surface area contributed by atoms with Gasteiger partial charge in [0.2, 0.25) is 5.91 Å². The van der Waals surface area contributed by atoms with Crippen molar-refractivity contribution in [3.8, 4) is 5.75 Å². The zero-order valence-electron chi connectivity index (χ0n) is 16.2. The summed E-state index contributed by atoms with van der Waals surface area (Å²) in [5, 5.41) is 3.71. The first-order chi connectivity index (χ1) is 14.6. The van der Waals surface area contributed by atoms with E-state index in [4.69, 9.17) is 4.74 Å². The van der Waals surface area contributed by atoms with E-state index >= 15 is 0 Å². The molecule has 4 rings (SSSR count). The molecule has 5 nitrogen and oxygen atoms in total. The molecule has 0 spiro atoms. The van der Waals surface area contributed by atoms with Crippen molar-refractivity contribution in [1.82, 2.24) is 10.9 Å². The molecule has 2 N–H and O–H groups in total. The van der Waals surface area contributed by atoms with Gasteiger partial charge in [-0.15, -0.1) is 0 Å². The summed E-state index contributed by atoms with van der Waals surface area (Å²) in [6.45, 7) is 0. The Morgan fingerprint density at radius 1 is 0.867 bits per heavy atom. The van der Waals surface area contributed by atoms with Crippen LogP contribution in [0.2, 0.25) is 0 Å². The molecule has 150 valence electrons. The minimum absolute atomic E-state index is 0.0674. The van der Waals surface area contributed by atoms with Crippen LogP contribution >= 0.6 is 15.9 Å². The van der Waals surface area contributed by atoms with Gasteiger partial charge in [-0.05, 0) is 45.8 Å². The van der Waals surface area contributed by atoms with Gasteiger partial charge in [0.25, 0.3) is 5.91 Å². The van der Waals surface area contributed by atoms with Crippen LogP contribution in [-0.4, -0.2) is 18.9 Å². The quantitative estimate of drug-likeness (QED) is 0.429. The van der Waals surface area contributed by atoms with Crippen molar-refractivity contribution in [2.24, 2.45) is 0 Å². The van der Waals surface area contributed by atoms with Crippen molar-refractivity contribution in [2.75, 3.05) is 7.11 Å². The fourth-order valence-corrected chi connectivity index (χ4v) is 3.92. The van der Waals surface area contributed by atoms with Gasteiger partial charge in [0, 0.05) is 15.6 Å². The fourth-order valence-electron chi connectivity index (χ4n) is 3.54. The second-order valence-electron chi connectivity index (χ2n) is 6.82. The summed E-state index contributed by atoms with van der Waals surface area (Å²) < 4.78 is 6.41. The van der Waals surface area contributed by atoms with Crippen molar-refractivity contribution in [2.45, 2.75) is 6.42 Å². The lowest BCUT2D eigenvalue weighted by Gasteiger charge is -2.13. The number of halogens is 1. The molecule has 0 bridgehead atoms. The first-order valence-corrected chi connectivity index (χ1v) is 10.2. The highest BCUT2D eigenvalue weighted by Gasteiger charge is 2.15. The number of carbonyl (C=O) groups excluding carboxylic acids is 2. The number of rotatable bonds is 4. The highest BCUT2D eigenvalue weighted by atomic mass is 79.9. The number of nitrogens with one attached hydrogen (secondary N) is 2. The number of fused-ring (bicyclic) bond motifs is 2. The van der Waals surface area contributed by atoms with Crippen LogP contribution in [0.4, 0.5) is 0 Å². The van der Waals surface area contributed by atoms with Crippen LogP contribution in [0.5, 0.6) is 5.75 Å². The molecule has 0 aliphatic carbocycles. The van der Waals surface area contributed by atoms with Gasteiger partial charge in [0.05, 0.1) is 13.5 Å². The van der Waals surface area contributed by atoms with Crippen molar-refractivity contribution in [1.29, 1.82) is 0 Å². The Labute approximate surface area is 182 Å². The summed E-state index contributed by atoms with van der Waals surface area (Å²) in [7, 11) is 1.57. The molecular weight excluding hydrogens is 444 g/mol. The lowest BCUT2D eigenvalue weighted by molar-refractivity contribution is -0.121. The van der Waals surface area contributed by atoms with E-state index in [-0.39, 0.29) is 18.2 Å². The Hall–Kier alpha value is -3.38. The van der Waals surface area contributed by atoms with E-state index in [0.29, 0.717) is 11.3 Å². The van der Waals surface area contributed by atoms with Crippen LogP contribution in [-0.2, 0) is 11.2 Å². The number of amides is 2. The molecule has 6 heteroatoms. The maximum atomic E-state index is 12.6. The van der Waals surface area contributed by atoms with Gasteiger partial charge in [-0.25, -0.2) is 0 Å². The van der Waals surface area contributed by atoms with Crippen LogP contribution in [0.1, 0.15) is 15.9 Å². The first-order valence-electron chi connectivity index (χ1n) is 9.39. The van der Waals surface area contributed by atoms with E-state index in [1.54, 1.807) is 13.2 Å². The number of hydrogen-bond acceptors (Lipinski definition) is 3. The molecule has 0 aliphatic rings. The van der Waals surface area contributed by atoms with Crippen molar-refractivity contribution >= 4 is 49.3 Å². The average Bonchev–Trinajstić information content (AvgIpc) is 2.77. The van der Waals surface area contributed by atoms with Crippen LogP contribution in [0, 0.1) is 0 Å². The topological polar surface area (TPSA) is 67.4 Å². The van der Waals surface area contributed by atoms with Gasteiger partial charge in [0.15, 0.2) is 0 Å². The maximum Gasteiger partial charge on any atom is 0.270 e. The number of carbonyl (C=O) groups is 2. The smallest absolute Gasteiger partial charge is 0.270 e. The predicted molar refractivity (Wildman–Crippen MR) is 121 cm³/mol. The predicted octanol–water partition coefficient (Wildman–Crippen LogP) is 4.77. The molecule has 30 heavy (non-hydrogen) atoms. The van der Waals surface area contributed by atoms with E-state index in [1.807, 2.05) is 66.7 Å². The number of benzene rings is 4. The second-order valence-corrected chi connectivity index (χ2v) is 7.73. The van der Waals surface area contributed by atoms with E-state index in [1.165, 1.54) is 0 Å². The third kappa shape index (κ3) is 4.00. The van der Waals surface area contributed by atoms with Gasteiger partial charge >= 0.3 is 0 Å². The van der Waals surface area contributed by atoms with Crippen LogP contribution in [0.3, 0.4) is 0 Å². The standard InChI is InChI=1S/C24H19BrN2O3/c1-30-22-12-9-16-13-17(25)10-11-19(16)21(22)14-23(28)26-27-24(29)20-8-4-6-15-5-2-3-7-18(15)20/h2-13H,14H2,1H3,(H,26,28)(H,27,29). The summed E-state index contributed by atoms with van der Waals surface area (Å²) in [6.07, 6.45) is 0.0674. The Morgan fingerprint density at radius 2 is 1.67 bits per heavy atom. The maximum absolute atomic E-state index is 12.6. The minimum Gasteiger partial charge on any atom is -0.496 e.